The fraction of sp³-hybridized carbons (Fsp3) is 0.778. The van der Waals surface area contributed by atoms with Gasteiger partial charge in [0.15, 0.2) is 0 Å². The van der Waals surface area contributed by atoms with E-state index < -0.39 is 12.0 Å². The van der Waals surface area contributed by atoms with Crippen LogP contribution >= 0.6 is 66.5 Å². The lowest BCUT2D eigenvalue weighted by Crippen LogP contribution is -2.54. The largest absolute Gasteiger partial charge is 0.344 e. The maximum atomic E-state index is 6.23. The molecule has 0 N–H and O–H groups in total. The standard InChI is InChI=1S/C9H10Cl6Si2/c10-16(11,12)8-6-4-1-2-5(3-4)7(6)9(8)17(13,14)15/h1-2,4-9H,3H2. The van der Waals surface area contributed by atoms with Crippen molar-refractivity contribution >= 4 is 78.5 Å². The Morgan fingerprint density at radius 1 is 0.706 bits per heavy atom. The predicted molar refractivity (Wildman–Crippen MR) is 81.8 cm³/mol. The molecule has 0 saturated heterocycles. The highest BCUT2D eigenvalue weighted by Gasteiger charge is 2.71. The zero-order valence-corrected chi connectivity index (χ0v) is 15.1. The lowest BCUT2D eigenvalue weighted by atomic mass is 9.66. The van der Waals surface area contributed by atoms with Crippen molar-refractivity contribution < 1.29 is 0 Å². The summed E-state index contributed by atoms with van der Waals surface area (Å²) in [5, 5.41) is 0. The molecule has 6 atom stereocenters. The van der Waals surface area contributed by atoms with Gasteiger partial charge >= 0.3 is 12.0 Å². The van der Waals surface area contributed by atoms with E-state index in [4.69, 9.17) is 66.5 Å². The fourth-order valence-corrected chi connectivity index (χ4v) is 15.6. The van der Waals surface area contributed by atoms with Crippen LogP contribution in [-0.4, -0.2) is 12.0 Å². The zero-order chi connectivity index (χ0) is 12.6. The summed E-state index contributed by atoms with van der Waals surface area (Å²) in [6.07, 6.45) is 5.69. The van der Waals surface area contributed by atoms with Gasteiger partial charge in [-0.15, -0.1) is 66.5 Å². The first-order chi connectivity index (χ1) is 7.71. The van der Waals surface area contributed by atoms with Gasteiger partial charge in [0.05, 0.1) is 0 Å². The average Bonchev–Trinajstić information content (AvgIpc) is 2.53. The monoisotopic (exact) mass is 384 g/mol. The maximum absolute atomic E-state index is 6.23. The topological polar surface area (TPSA) is 0 Å². The Labute approximate surface area is 131 Å². The van der Waals surface area contributed by atoms with Crippen LogP contribution in [0.25, 0.3) is 0 Å². The molecule has 2 saturated carbocycles. The van der Waals surface area contributed by atoms with Crippen LogP contribution in [0.4, 0.5) is 0 Å². The number of hydrogen-bond donors (Lipinski definition) is 0. The van der Waals surface area contributed by atoms with Gasteiger partial charge in [0.2, 0.25) is 0 Å². The molecule has 0 aromatic heterocycles. The zero-order valence-electron chi connectivity index (χ0n) is 8.59. The van der Waals surface area contributed by atoms with Gasteiger partial charge in [0.1, 0.15) is 0 Å². The Bertz CT molecular complexity index is 339. The van der Waals surface area contributed by atoms with E-state index in [1.54, 1.807) is 0 Å². The van der Waals surface area contributed by atoms with Gasteiger partial charge in [-0.1, -0.05) is 12.2 Å². The maximum Gasteiger partial charge on any atom is 0.344 e. The summed E-state index contributed by atoms with van der Waals surface area (Å²) >= 11 is 37.4. The van der Waals surface area contributed by atoms with E-state index >= 15 is 0 Å². The molecule has 8 heteroatoms. The number of halogens is 6. The number of hydrogen-bond acceptors (Lipinski definition) is 0. The minimum Gasteiger partial charge on any atom is -0.126 e. The van der Waals surface area contributed by atoms with Crippen LogP contribution in [0.5, 0.6) is 0 Å². The highest BCUT2D eigenvalue weighted by molar-refractivity contribution is 7.68. The van der Waals surface area contributed by atoms with Crippen molar-refractivity contribution in [3.8, 4) is 0 Å². The molecule has 0 aromatic carbocycles. The summed E-state index contributed by atoms with van der Waals surface area (Å²) in [6, 6.07) is -5.61. The molecule has 0 aromatic rings. The predicted octanol–water partition coefficient (Wildman–Crippen LogP) is 5.49. The van der Waals surface area contributed by atoms with Gasteiger partial charge in [0, 0.05) is 11.1 Å². The molecule has 0 heterocycles. The first kappa shape index (κ1) is 13.9. The third kappa shape index (κ3) is 2.06. The molecule has 6 unspecified atom stereocenters. The molecular weight excluding hydrogens is 377 g/mol. The van der Waals surface area contributed by atoms with E-state index in [0.29, 0.717) is 23.7 Å². The normalized spacial score (nSPS) is 48.1. The van der Waals surface area contributed by atoms with Gasteiger partial charge in [-0.2, -0.15) is 0 Å². The minimum atomic E-state index is -2.81. The highest BCUT2D eigenvalue weighted by atomic mass is 35.8. The Morgan fingerprint density at radius 3 is 1.35 bits per heavy atom. The van der Waals surface area contributed by atoms with Gasteiger partial charge in [-0.3, -0.25) is 0 Å². The SMILES string of the molecule is Cl[Si](Cl)(Cl)C1C2C3C=CC(C3)C2C1[Si](Cl)(Cl)Cl. The molecule has 2 fully saturated rings. The smallest absolute Gasteiger partial charge is 0.126 e. The summed E-state index contributed by atoms with van der Waals surface area (Å²) in [4.78, 5) is 0. The van der Waals surface area contributed by atoms with Crippen molar-refractivity contribution in [1.29, 1.82) is 0 Å². The summed E-state index contributed by atoms with van der Waals surface area (Å²) < 4.78 is 0. The Kier molecular flexibility index (Phi) is 3.43. The first-order valence-corrected chi connectivity index (χ1v) is 15.8. The van der Waals surface area contributed by atoms with E-state index in [1.165, 1.54) is 0 Å². The Hall–Kier alpha value is 1.91. The van der Waals surface area contributed by atoms with Crippen LogP contribution in [0.3, 0.4) is 0 Å². The van der Waals surface area contributed by atoms with Crippen molar-refractivity contribution in [2.24, 2.45) is 23.7 Å². The van der Waals surface area contributed by atoms with E-state index in [9.17, 15) is 0 Å². The Balaban J connectivity index is 1.95. The number of rotatable bonds is 2. The second-order valence-electron chi connectivity index (χ2n) is 5.24. The van der Waals surface area contributed by atoms with E-state index in [2.05, 4.69) is 12.2 Å². The summed E-state index contributed by atoms with van der Waals surface area (Å²) in [7, 11) is 0. The quantitative estimate of drug-likeness (QED) is 0.334. The molecule has 0 aliphatic heterocycles. The number of allylic oxidation sites excluding steroid dienone is 2. The molecule has 96 valence electrons. The van der Waals surface area contributed by atoms with Gasteiger partial charge in [-0.05, 0) is 30.1 Å². The first-order valence-electron chi connectivity index (χ1n) is 5.53. The molecule has 0 amide bonds. The van der Waals surface area contributed by atoms with Gasteiger partial charge in [-0.25, -0.2) is 0 Å². The minimum absolute atomic E-state index is 0.0385. The lowest BCUT2D eigenvalue weighted by molar-refractivity contribution is 0.160. The van der Waals surface area contributed by atoms with E-state index in [-0.39, 0.29) is 11.1 Å². The third-order valence-electron chi connectivity index (χ3n) is 4.56. The van der Waals surface area contributed by atoms with Crippen LogP contribution in [0.2, 0.25) is 11.1 Å². The molecule has 0 radical (unpaired) electrons. The van der Waals surface area contributed by atoms with Crippen LogP contribution in [-0.2, 0) is 0 Å². The van der Waals surface area contributed by atoms with Crippen molar-refractivity contribution in [1.82, 2.24) is 0 Å². The molecule has 0 spiro atoms. The van der Waals surface area contributed by atoms with E-state index in [1.807, 2.05) is 0 Å². The summed E-state index contributed by atoms with van der Waals surface area (Å²) in [5.74, 6) is 2.01. The molecular formula is C9H10Cl6Si2. The average molecular weight is 387 g/mol. The Morgan fingerprint density at radius 2 is 1.06 bits per heavy atom. The van der Waals surface area contributed by atoms with Crippen molar-refractivity contribution in [3.63, 3.8) is 0 Å². The molecule has 3 aliphatic rings. The van der Waals surface area contributed by atoms with Crippen LogP contribution < -0.4 is 0 Å². The van der Waals surface area contributed by atoms with Crippen molar-refractivity contribution in [3.05, 3.63) is 12.2 Å². The second kappa shape index (κ2) is 4.20. The third-order valence-corrected chi connectivity index (χ3v) is 12.4. The summed E-state index contributed by atoms with van der Waals surface area (Å²) in [5.41, 5.74) is 0.0771. The molecule has 17 heavy (non-hydrogen) atoms. The second-order valence-corrected chi connectivity index (χ2v) is 23.0. The molecule has 2 bridgehead atoms. The van der Waals surface area contributed by atoms with Crippen LogP contribution in [0.15, 0.2) is 12.2 Å². The van der Waals surface area contributed by atoms with Gasteiger partial charge in [0.25, 0.3) is 0 Å². The van der Waals surface area contributed by atoms with Crippen LogP contribution in [0, 0.1) is 23.7 Å². The molecule has 0 nitrogen and oxygen atoms in total. The van der Waals surface area contributed by atoms with Crippen molar-refractivity contribution in [2.45, 2.75) is 17.5 Å². The molecule has 3 aliphatic carbocycles. The van der Waals surface area contributed by atoms with Crippen LogP contribution in [0.1, 0.15) is 6.42 Å². The highest BCUT2D eigenvalue weighted by Crippen LogP contribution is 2.76. The van der Waals surface area contributed by atoms with Crippen molar-refractivity contribution in [2.75, 3.05) is 0 Å². The molecule has 3 rings (SSSR count). The van der Waals surface area contributed by atoms with E-state index in [0.717, 1.165) is 6.42 Å². The number of fused-ring (bicyclic) bond motifs is 5. The lowest BCUT2D eigenvalue weighted by Gasteiger charge is -2.56. The fourth-order valence-electron chi connectivity index (χ4n) is 4.09. The van der Waals surface area contributed by atoms with Gasteiger partial charge < -0.3 is 0 Å². The summed E-state index contributed by atoms with van der Waals surface area (Å²) in [6.45, 7) is 0.